The number of rotatable bonds is 5. The number of hydrazone groups is 1. The molecule has 0 aliphatic heterocycles. The van der Waals surface area contributed by atoms with E-state index in [0.29, 0.717) is 5.56 Å². The van der Waals surface area contributed by atoms with E-state index in [1.807, 2.05) is 63.2 Å². The maximum atomic E-state index is 12.0. The molecule has 1 N–H and O–H groups in total. The first kappa shape index (κ1) is 15.8. The number of nitrogens with zero attached hydrogens (tertiary/aromatic N) is 1. The molecule has 0 heterocycles. The van der Waals surface area contributed by atoms with Gasteiger partial charge in [-0.2, -0.15) is 5.10 Å². The standard InChI is InChI=1S/C18H20N2O2/c1-13(2)22-16-9-6-8-15(11-16)12-19-20-18(21)17-10-5-4-7-14(17)3/h4-13H,1-3H3,(H,20,21)/b19-12-. The van der Waals surface area contributed by atoms with E-state index < -0.39 is 0 Å². The Bertz CT molecular complexity index is 678. The largest absolute Gasteiger partial charge is 0.491 e. The highest BCUT2D eigenvalue weighted by atomic mass is 16.5. The molecule has 2 aromatic rings. The molecule has 0 aliphatic carbocycles. The van der Waals surface area contributed by atoms with Gasteiger partial charge >= 0.3 is 0 Å². The van der Waals surface area contributed by atoms with Gasteiger partial charge < -0.3 is 4.74 Å². The van der Waals surface area contributed by atoms with Crippen molar-refractivity contribution in [2.75, 3.05) is 0 Å². The highest BCUT2D eigenvalue weighted by Crippen LogP contribution is 2.13. The minimum Gasteiger partial charge on any atom is -0.491 e. The lowest BCUT2D eigenvalue weighted by molar-refractivity contribution is 0.0954. The summed E-state index contributed by atoms with van der Waals surface area (Å²) >= 11 is 0. The van der Waals surface area contributed by atoms with Crippen LogP contribution < -0.4 is 10.2 Å². The summed E-state index contributed by atoms with van der Waals surface area (Å²) in [6.45, 7) is 5.84. The van der Waals surface area contributed by atoms with Gasteiger partial charge in [0, 0.05) is 5.56 Å². The number of carbonyl (C=O) groups excluding carboxylic acids is 1. The van der Waals surface area contributed by atoms with E-state index in [0.717, 1.165) is 16.9 Å². The van der Waals surface area contributed by atoms with Gasteiger partial charge in [0.25, 0.3) is 5.91 Å². The molecule has 0 unspecified atom stereocenters. The first-order valence-corrected chi connectivity index (χ1v) is 7.22. The maximum Gasteiger partial charge on any atom is 0.271 e. The van der Waals surface area contributed by atoms with Crippen LogP contribution in [-0.4, -0.2) is 18.2 Å². The number of aryl methyl sites for hydroxylation is 1. The van der Waals surface area contributed by atoms with Crippen molar-refractivity contribution in [2.24, 2.45) is 5.10 Å². The van der Waals surface area contributed by atoms with Crippen LogP contribution in [0.4, 0.5) is 0 Å². The quantitative estimate of drug-likeness (QED) is 0.677. The van der Waals surface area contributed by atoms with Crippen LogP contribution in [0.25, 0.3) is 0 Å². The van der Waals surface area contributed by atoms with Crippen LogP contribution in [0.2, 0.25) is 0 Å². The molecule has 2 rings (SSSR count). The van der Waals surface area contributed by atoms with E-state index in [-0.39, 0.29) is 12.0 Å². The van der Waals surface area contributed by atoms with Crippen molar-refractivity contribution in [1.82, 2.24) is 5.43 Å². The molecule has 0 spiro atoms. The highest BCUT2D eigenvalue weighted by molar-refractivity contribution is 5.96. The molecule has 0 saturated heterocycles. The van der Waals surface area contributed by atoms with Crippen LogP contribution in [0.15, 0.2) is 53.6 Å². The van der Waals surface area contributed by atoms with E-state index in [9.17, 15) is 4.79 Å². The number of hydrogen-bond donors (Lipinski definition) is 1. The fourth-order valence-electron chi connectivity index (χ4n) is 1.99. The molecule has 0 bridgehead atoms. The fourth-order valence-corrected chi connectivity index (χ4v) is 1.99. The van der Waals surface area contributed by atoms with Crippen molar-refractivity contribution >= 4 is 12.1 Å². The average Bonchev–Trinajstić information content (AvgIpc) is 2.47. The molecule has 4 nitrogen and oxygen atoms in total. The summed E-state index contributed by atoms with van der Waals surface area (Å²) in [4.78, 5) is 12.0. The van der Waals surface area contributed by atoms with E-state index in [4.69, 9.17) is 4.74 Å². The summed E-state index contributed by atoms with van der Waals surface area (Å²) in [6.07, 6.45) is 1.72. The summed E-state index contributed by atoms with van der Waals surface area (Å²) in [7, 11) is 0. The first-order valence-electron chi connectivity index (χ1n) is 7.22. The molecule has 0 aromatic heterocycles. The van der Waals surface area contributed by atoms with E-state index in [1.165, 1.54) is 0 Å². The van der Waals surface area contributed by atoms with Gasteiger partial charge in [-0.3, -0.25) is 4.79 Å². The number of nitrogens with one attached hydrogen (secondary N) is 1. The Morgan fingerprint density at radius 2 is 1.95 bits per heavy atom. The second-order valence-corrected chi connectivity index (χ2v) is 5.25. The number of amides is 1. The monoisotopic (exact) mass is 296 g/mol. The predicted octanol–water partition coefficient (Wildman–Crippen LogP) is 3.55. The lowest BCUT2D eigenvalue weighted by Crippen LogP contribution is -2.18. The SMILES string of the molecule is Cc1ccccc1C(=O)N/N=C\c1cccc(OC(C)C)c1. The minimum absolute atomic E-state index is 0.118. The van der Waals surface area contributed by atoms with Crippen molar-refractivity contribution in [3.63, 3.8) is 0 Å². The zero-order valence-corrected chi connectivity index (χ0v) is 13.0. The molecule has 2 aromatic carbocycles. The van der Waals surface area contributed by atoms with Crippen molar-refractivity contribution < 1.29 is 9.53 Å². The van der Waals surface area contributed by atoms with Crippen LogP contribution in [0, 0.1) is 6.92 Å². The minimum atomic E-state index is -0.219. The Hall–Kier alpha value is -2.62. The van der Waals surface area contributed by atoms with E-state index in [1.54, 1.807) is 12.3 Å². The molecule has 0 atom stereocenters. The van der Waals surface area contributed by atoms with Crippen molar-refractivity contribution in [1.29, 1.82) is 0 Å². The summed E-state index contributed by atoms with van der Waals surface area (Å²) in [6, 6.07) is 15.0. The molecule has 0 fully saturated rings. The van der Waals surface area contributed by atoms with Gasteiger partial charge in [0.2, 0.25) is 0 Å². The molecule has 22 heavy (non-hydrogen) atoms. The normalized spacial score (nSPS) is 10.9. The second-order valence-electron chi connectivity index (χ2n) is 5.25. The summed E-state index contributed by atoms with van der Waals surface area (Å²) in [5.41, 5.74) is 4.94. The lowest BCUT2D eigenvalue weighted by Gasteiger charge is -2.09. The smallest absolute Gasteiger partial charge is 0.271 e. The fraction of sp³-hybridized carbons (Fsp3) is 0.222. The van der Waals surface area contributed by atoms with E-state index in [2.05, 4.69) is 10.5 Å². The molecule has 0 saturated carbocycles. The topological polar surface area (TPSA) is 50.7 Å². The third kappa shape index (κ3) is 4.45. The third-order valence-corrected chi connectivity index (χ3v) is 3.00. The van der Waals surface area contributed by atoms with Crippen molar-refractivity contribution in [3.05, 3.63) is 65.2 Å². The number of benzene rings is 2. The number of hydrogen-bond acceptors (Lipinski definition) is 3. The van der Waals surface area contributed by atoms with Gasteiger partial charge in [-0.05, 0) is 50.1 Å². The van der Waals surface area contributed by atoms with Crippen LogP contribution in [0.1, 0.15) is 35.3 Å². The Balaban J connectivity index is 2.01. The summed E-state index contributed by atoms with van der Waals surface area (Å²) < 4.78 is 5.62. The maximum absolute atomic E-state index is 12.0. The lowest BCUT2D eigenvalue weighted by atomic mass is 10.1. The Morgan fingerprint density at radius 3 is 2.68 bits per heavy atom. The van der Waals surface area contributed by atoms with Gasteiger partial charge in [0.1, 0.15) is 5.75 Å². The van der Waals surface area contributed by atoms with Crippen LogP contribution in [-0.2, 0) is 0 Å². The Morgan fingerprint density at radius 1 is 1.18 bits per heavy atom. The van der Waals surface area contributed by atoms with E-state index >= 15 is 0 Å². The summed E-state index contributed by atoms with van der Waals surface area (Å²) in [5, 5.41) is 4.00. The van der Waals surface area contributed by atoms with Gasteiger partial charge in [-0.15, -0.1) is 0 Å². The van der Waals surface area contributed by atoms with Gasteiger partial charge in [-0.25, -0.2) is 5.43 Å². The highest BCUT2D eigenvalue weighted by Gasteiger charge is 2.06. The van der Waals surface area contributed by atoms with Crippen LogP contribution in [0.3, 0.4) is 0 Å². The van der Waals surface area contributed by atoms with Gasteiger partial charge in [-0.1, -0.05) is 30.3 Å². The molecule has 114 valence electrons. The number of ether oxygens (including phenoxy) is 1. The zero-order valence-electron chi connectivity index (χ0n) is 13.0. The molecular formula is C18H20N2O2. The first-order chi connectivity index (χ1) is 10.6. The van der Waals surface area contributed by atoms with Crippen molar-refractivity contribution in [3.8, 4) is 5.75 Å². The third-order valence-electron chi connectivity index (χ3n) is 3.00. The molecule has 4 heteroatoms. The van der Waals surface area contributed by atoms with Gasteiger partial charge in [0.05, 0.1) is 12.3 Å². The average molecular weight is 296 g/mol. The molecule has 0 radical (unpaired) electrons. The predicted molar refractivity (Wildman–Crippen MR) is 88.4 cm³/mol. The Labute approximate surface area is 130 Å². The molecule has 0 aliphatic rings. The van der Waals surface area contributed by atoms with Crippen LogP contribution >= 0.6 is 0 Å². The van der Waals surface area contributed by atoms with Gasteiger partial charge in [0.15, 0.2) is 0 Å². The summed E-state index contributed by atoms with van der Waals surface area (Å²) in [5.74, 6) is 0.563. The van der Waals surface area contributed by atoms with Crippen LogP contribution in [0.5, 0.6) is 5.75 Å². The van der Waals surface area contributed by atoms with Crippen molar-refractivity contribution in [2.45, 2.75) is 26.9 Å². The zero-order chi connectivity index (χ0) is 15.9. The second kappa shape index (κ2) is 7.41. The Kier molecular flexibility index (Phi) is 5.31. The molecular weight excluding hydrogens is 276 g/mol. The number of carbonyl (C=O) groups is 1. The molecule has 1 amide bonds.